The van der Waals surface area contributed by atoms with Crippen LogP contribution in [0.5, 0.6) is 0 Å². The van der Waals surface area contributed by atoms with Crippen molar-refractivity contribution in [2.24, 2.45) is 5.92 Å². The standard InChI is InChI=1S/C23H24FN3O3/c1-2-21(28)26-10-9-16-11-19(7-8-20(16)26)27-14-17(12-22(27)29)23(30)25-13-15-3-5-18(24)6-4-15/h3-8,11,17H,2,9-10,12-14H2,1H3,(H,25,30)/t17-/m0/s1. The lowest BCUT2D eigenvalue weighted by Gasteiger charge is -2.20. The number of anilines is 2. The Labute approximate surface area is 174 Å². The Hall–Kier alpha value is -3.22. The van der Waals surface area contributed by atoms with Crippen molar-refractivity contribution in [3.8, 4) is 0 Å². The van der Waals surface area contributed by atoms with Crippen LogP contribution in [0.2, 0.25) is 0 Å². The number of benzene rings is 2. The van der Waals surface area contributed by atoms with Crippen molar-refractivity contribution in [2.45, 2.75) is 32.7 Å². The molecule has 0 unspecified atom stereocenters. The lowest BCUT2D eigenvalue weighted by Crippen LogP contribution is -2.32. The van der Waals surface area contributed by atoms with Crippen molar-refractivity contribution < 1.29 is 18.8 Å². The van der Waals surface area contributed by atoms with Crippen LogP contribution >= 0.6 is 0 Å². The second-order valence-electron chi connectivity index (χ2n) is 7.71. The van der Waals surface area contributed by atoms with E-state index in [-0.39, 0.29) is 30.0 Å². The van der Waals surface area contributed by atoms with Gasteiger partial charge in [-0.1, -0.05) is 19.1 Å². The first kappa shape index (κ1) is 20.1. The zero-order chi connectivity index (χ0) is 21.3. The molecule has 4 rings (SSSR count). The van der Waals surface area contributed by atoms with Crippen LogP contribution in [-0.2, 0) is 27.3 Å². The van der Waals surface area contributed by atoms with E-state index in [1.165, 1.54) is 12.1 Å². The van der Waals surface area contributed by atoms with Crippen LogP contribution in [0.15, 0.2) is 42.5 Å². The summed E-state index contributed by atoms with van der Waals surface area (Å²) < 4.78 is 13.0. The summed E-state index contributed by atoms with van der Waals surface area (Å²) in [7, 11) is 0. The summed E-state index contributed by atoms with van der Waals surface area (Å²) in [6.45, 7) is 3.13. The molecule has 30 heavy (non-hydrogen) atoms. The number of rotatable bonds is 5. The molecule has 1 N–H and O–H groups in total. The molecule has 0 radical (unpaired) electrons. The second kappa shape index (κ2) is 8.26. The average molecular weight is 409 g/mol. The quantitative estimate of drug-likeness (QED) is 0.826. The highest BCUT2D eigenvalue weighted by Gasteiger charge is 2.35. The van der Waals surface area contributed by atoms with Crippen LogP contribution in [0.3, 0.4) is 0 Å². The van der Waals surface area contributed by atoms with Gasteiger partial charge in [0.2, 0.25) is 17.7 Å². The van der Waals surface area contributed by atoms with Crippen molar-refractivity contribution in [2.75, 3.05) is 22.9 Å². The molecule has 3 amide bonds. The predicted octanol–water partition coefficient (Wildman–Crippen LogP) is 2.79. The summed E-state index contributed by atoms with van der Waals surface area (Å²) in [5.41, 5.74) is 3.52. The molecule has 0 aromatic heterocycles. The predicted molar refractivity (Wildman–Crippen MR) is 111 cm³/mol. The highest BCUT2D eigenvalue weighted by atomic mass is 19.1. The van der Waals surface area contributed by atoms with Gasteiger partial charge in [0.25, 0.3) is 0 Å². The topological polar surface area (TPSA) is 69.7 Å². The Morgan fingerprint density at radius 3 is 2.67 bits per heavy atom. The Morgan fingerprint density at radius 1 is 1.17 bits per heavy atom. The van der Waals surface area contributed by atoms with Gasteiger partial charge in [0.05, 0.1) is 5.92 Å². The van der Waals surface area contributed by atoms with Crippen LogP contribution in [0.25, 0.3) is 0 Å². The zero-order valence-corrected chi connectivity index (χ0v) is 16.9. The molecular weight excluding hydrogens is 385 g/mol. The van der Waals surface area contributed by atoms with E-state index >= 15 is 0 Å². The van der Waals surface area contributed by atoms with E-state index < -0.39 is 5.92 Å². The number of nitrogens with one attached hydrogen (secondary N) is 1. The molecule has 7 heteroatoms. The fourth-order valence-electron chi connectivity index (χ4n) is 4.07. The molecule has 1 atom stereocenters. The van der Waals surface area contributed by atoms with E-state index in [0.29, 0.717) is 26.1 Å². The summed E-state index contributed by atoms with van der Waals surface area (Å²) in [6.07, 6.45) is 1.38. The Balaban J connectivity index is 1.40. The normalized spacial score (nSPS) is 17.9. The van der Waals surface area contributed by atoms with E-state index in [1.807, 2.05) is 25.1 Å². The van der Waals surface area contributed by atoms with Crippen LogP contribution in [0.4, 0.5) is 15.8 Å². The first-order chi connectivity index (χ1) is 14.5. The number of halogens is 1. The minimum Gasteiger partial charge on any atom is -0.352 e. The molecule has 6 nitrogen and oxygen atoms in total. The highest BCUT2D eigenvalue weighted by Crippen LogP contribution is 2.34. The van der Waals surface area contributed by atoms with Gasteiger partial charge in [0.15, 0.2) is 0 Å². The smallest absolute Gasteiger partial charge is 0.227 e. The maximum absolute atomic E-state index is 13.0. The minimum absolute atomic E-state index is 0.0867. The fourth-order valence-corrected chi connectivity index (χ4v) is 4.07. The SMILES string of the molecule is CCC(=O)N1CCc2cc(N3C[C@@H](C(=O)NCc4ccc(F)cc4)CC3=O)ccc21. The molecule has 2 aliphatic heterocycles. The lowest BCUT2D eigenvalue weighted by molar-refractivity contribution is -0.126. The van der Waals surface area contributed by atoms with Gasteiger partial charge >= 0.3 is 0 Å². The number of fused-ring (bicyclic) bond motifs is 1. The number of amides is 3. The molecule has 156 valence electrons. The van der Waals surface area contributed by atoms with Crippen LogP contribution in [-0.4, -0.2) is 30.8 Å². The molecule has 0 aliphatic carbocycles. The first-order valence-electron chi connectivity index (χ1n) is 10.2. The van der Waals surface area contributed by atoms with E-state index in [4.69, 9.17) is 0 Å². The number of hydrogen-bond donors (Lipinski definition) is 1. The van der Waals surface area contributed by atoms with E-state index in [0.717, 1.165) is 28.9 Å². The van der Waals surface area contributed by atoms with E-state index in [1.54, 1.807) is 21.9 Å². The maximum Gasteiger partial charge on any atom is 0.227 e. The lowest BCUT2D eigenvalue weighted by atomic mass is 10.1. The van der Waals surface area contributed by atoms with Gasteiger partial charge in [-0.2, -0.15) is 0 Å². The Morgan fingerprint density at radius 2 is 1.93 bits per heavy atom. The molecule has 2 heterocycles. The zero-order valence-electron chi connectivity index (χ0n) is 16.9. The molecule has 0 saturated carbocycles. The highest BCUT2D eigenvalue weighted by molar-refractivity contribution is 6.01. The van der Waals surface area contributed by atoms with Crippen LogP contribution < -0.4 is 15.1 Å². The van der Waals surface area contributed by atoms with Gasteiger partial charge in [-0.3, -0.25) is 14.4 Å². The third-order valence-electron chi connectivity index (χ3n) is 5.75. The van der Waals surface area contributed by atoms with Gasteiger partial charge < -0.3 is 15.1 Å². The van der Waals surface area contributed by atoms with Gasteiger partial charge in [-0.25, -0.2) is 4.39 Å². The summed E-state index contributed by atoms with van der Waals surface area (Å²) in [5, 5.41) is 2.83. The minimum atomic E-state index is -0.427. The van der Waals surface area contributed by atoms with Crippen molar-refractivity contribution in [3.05, 3.63) is 59.4 Å². The first-order valence-corrected chi connectivity index (χ1v) is 10.2. The molecule has 2 aliphatic rings. The molecule has 2 aromatic carbocycles. The Kier molecular flexibility index (Phi) is 5.53. The van der Waals surface area contributed by atoms with E-state index in [2.05, 4.69) is 5.32 Å². The number of carbonyl (C=O) groups is 3. The van der Waals surface area contributed by atoms with Gasteiger partial charge in [0, 0.05) is 43.9 Å². The average Bonchev–Trinajstić information content (AvgIpc) is 3.35. The third-order valence-corrected chi connectivity index (χ3v) is 5.75. The molecule has 0 spiro atoms. The summed E-state index contributed by atoms with van der Waals surface area (Å²) in [6, 6.07) is 11.6. The summed E-state index contributed by atoms with van der Waals surface area (Å²) in [4.78, 5) is 40.6. The second-order valence-corrected chi connectivity index (χ2v) is 7.71. The maximum atomic E-state index is 13.0. The number of hydrogen-bond acceptors (Lipinski definition) is 3. The molecule has 2 aromatic rings. The molecule has 0 bridgehead atoms. The Bertz CT molecular complexity index is 990. The van der Waals surface area contributed by atoms with Gasteiger partial charge in [-0.05, 0) is 47.9 Å². The van der Waals surface area contributed by atoms with Crippen molar-refractivity contribution in [1.29, 1.82) is 0 Å². The molecule has 1 saturated heterocycles. The third kappa shape index (κ3) is 3.92. The fraction of sp³-hybridized carbons (Fsp3) is 0.348. The molecular formula is C23H24FN3O3. The largest absolute Gasteiger partial charge is 0.352 e. The number of carbonyl (C=O) groups excluding carboxylic acids is 3. The van der Waals surface area contributed by atoms with Crippen molar-refractivity contribution >= 4 is 29.1 Å². The van der Waals surface area contributed by atoms with E-state index in [9.17, 15) is 18.8 Å². The van der Waals surface area contributed by atoms with Crippen LogP contribution in [0, 0.1) is 11.7 Å². The van der Waals surface area contributed by atoms with Crippen molar-refractivity contribution in [3.63, 3.8) is 0 Å². The summed E-state index contributed by atoms with van der Waals surface area (Å²) >= 11 is 0. The number of nitrogens with zero attached hydrogens (tertiary/aromatic N) is 2. The van der Waals surface area contributed by atoms with Crippen LogP contribution in [0.1, 0.15) is 30.9 Å². The summed E-state index contributed by atoms with van der Waals surface area (Å²) in [5.74, 6) is -0.924. The molecule has 1 fully saturated rings. The van der Waals surface area contributed by atoms with Gasteiger partial charge in [0.1, 0.15) is 5.82 Å². The van der Waals surface area contributed by atoms with Gasteiger partial charge in [-0.15, -0.1) is 0 Å². The monoisotopic (exact) mass is 409 g/mol. The van der Waals surface area contributed by atoms with Crippen molar-refractivity contribution in [1.82, 2.24) is 5.32 Å².